The Morgan fingerprint density at radius 2 is 1.83 bits per heavy atom. The number of ether oxygens (including phenoxy) is 1. The van der Waals surface area contributed by atoms with Crippen LogP contribution in [-0.4, -0.2) is 78.2 Å². The van der Waals surface area contributed by atoms with Crippen LogP contribution in [0.25, 0.3) is 10.9 Å². The van der Waals surface area contributed by atoms with E-state index < -0.39 is 6.10 Å². The van der Waals surface area contributed by atoms with Gasteiger partial charge in [0.2, 0.25) is 0 Å². The van der Waals surface area contributed by atoms with Gasteiger partial charge in [-0.2, -0.15) is 0 Å². The number of aromatic amines is 1. The molecule has 1 aliphatic heterocycles. The van der Waals surface area contributed by atoms with E-state index in [4.69, 9.17) is 4.74 Å². The van der Waals surface area contributed by atoms with E-state index in [1.807, 2.05) is 42.6 Å². The molecular weight excluding hydrogens is 366 g/mol. The number of piperazine rings is 1. The highest BCUT2D eigenvalue weighted by molar-refractivity contribution is 6.17. The molecule has 4 rings (SSSR count). The summed E-state index contributed by atoms with van der Waals surface area (Å²) in [5.74, 6) is 0.418. The number of hydrogen-bond acceptors (Lipinski definition) is 5. The number of likely N-dealkylation sites (N-methyl/N-ethyl adjacent to an activating group) is 1. The molecule has 0 spiro atoms. The minimum absolute atomic E-state index is 0.0839. The fraction of sp³-hybridized carbons (Fsp3) is 0.348. The van der Waals surface area contributed by atoms with Gasteiger partial charge in [0, 0.05) is 55.4 Å². The smallest absolute Gasteiger partial charge is 0.197 e. The first-order valence-corrected chi connectivity index (χ1v) is 10.0. The first kappa shape index (κ1) is 19.6. The van der Waals surface area contributed by atoms with E-state index in [9.17, 15) is 9.90 Å². The van der Waals surface area contributed by atoms with Crippen molar-refractivity contribution in [3.63, 3.8) is 0 Å². The first-order valence-electron chi connectivity index (χ1n) is 10.0. The van der Waals surface area contributed by atoms with Gasteiger partial charge in [-0.25, -0.2) is 0 Å². The third-order valence-electron chi connectivity index (χ3n) is 5.47. The number of aliphatic hydroxyl groups is 1. The first-order chi connectivity index (χ1) is 14.1. The second-order valence-electron chi connectivity index (χ2n) is 7.64. The minimum atomic E-state index is -0.602. The molecule has 1 aliphatic rings. The molecule has 0 bridgehead atoms. The van der Waals surface area contributed by atoms with E-state index >= 15 is 0 Å². The Bertz CT molecular complexity index is 976. The number of nitrogens with one attached hydrogen (secondary N) is 1. The molecule has 29 heavy (non-hydrogen) atoms. The van der Waals surface area contributed by atoms with Crippen molar-refractivity contribution in [2.45, 2.75) is 6.10 Å². The molecule has 152 valence electrons. The van der Waals surface area contributed by atoms with Crippen LogP contribution in [0.2, 0.25) is 0 Å². The molecule has 0 aliphatic carbocycles. The van der Waals surface area contributed by atoms with Crippen LogP contribution >= 0.6 is 0 Å². The van der Waals surface area contributed by atoms with Gasteiger partial charge >= 0.3 is 0 Å². The molecule has 6 heteroatoms. The Kier molecular flexibility index (Phi) is 5.94. The monoisotopic (exact) mass is 393 g/mol. The van der Waals surface area contributed by atoms with Crippen molar-refractivity contribution in [2.24, 2.45) is 0 Å². The maximum Gasteiger partial charge on any atom is 0.197 e. The van der Waals surface area contributed by atoms with Gasteiger partial charge in [-0.15, -0.1) is 0 Å². The number of hydrogen-bond donors (Lipinski definition) is 2. The summed E-state index contributed by atoms with van der Waals surface area (Å²) in [6.07, 6.45) is 1.23. The molecule has 1 aromatic heterocycles. The van der Waals surface area contributed by atoms with Crippen molar-refractivity contribution < 1.29 is 14.6 Å². The quantitative estimate of drug-likeness (QED) is 0.604. The maximum absolute atomic E-state index is 13.2. The highest BCUT2D eigenvalue weighted by Gasteiger charge is 2.20. The zero-order valence-corrected chi connectivity index (χ0v) is 16.7. The van der Waals surface area contributed by atoms with E-state index in [0.717, 1.165) is 37.1 Å². The zero-order valence-electron chi connectivity index (χ0n) is 16.7. The van der Waals surface area contributed by atoms with Crippen molar-refractivity contribution in [1.82, 2.24) is 14.8 Å². The summed E-state index contributed by atoms with van der Waals surface area (Å²) >= 11 is 0. The van der Waals surface area contributed by atoms with Crippen LogP contribution in [0.15, 0.2) is 54.7 Å². The van der Waals surface area contributed by atoms with Crippen molar-refractivity contribution in [1.29, 1.82) is 0 Å². The van der Waals surface area contributed by atoms with E-state index in [-0.39, 0.29) is 12.4 Å². The summed E-state index contributed by atoms with van der Waals surface area (Å²) in [7, 11) is 2.11. The Labute approximate surface area is 170 Å². The zero-order chi connectivity index (χ0) is 20.2. The second-order valence-corrected chi connectivity index (χ2v) is 7.64. The molecule has 1 unspecified atom stereocenters. The van der Waals surface area contributed by atoms with Crippen LogP contribution in [0.5, 0.6) is 5.75 Å². The number of aliphatic hydroxyl groups excluding tert-OH is 1. The topological polar surface area (TPSA) is 68.8 Å². The van der Waals surface area contributed by atoms with Gasteiger partial charge in [0.15, 0.2) is 5.78 Å². The van der Waals surface area contributed by atoms with Crippen molar-refractivity contribution in [3.8, 4) is 5.75 Å². The van der Waals surface area contributed by atoms with E-state index in [2.05, 4.69) is 21.8 Å². The number of carbonyl (C=O) groups excluding carboxylic acids is 1. The molecule has 1 atom stereocenters. The predicted octanol–water partition coefficient (Wildman–Crippen LogP) is 2.39. The Morgan fingerprint density at radius 3 is 2.66 bits per heavy atom. The van der Waals surface area contributed by atoms with E-state index in [0.29, 0.717) is 23.4 Å². The van der Waals surface area contributed by atoms with Gasteiger partial charge in [0.25, 0.3) is 0 Å². The van der Waals surface area contributed by atoms with Crippen LogP contribution in [0.4, 0.5) is 0 Å². The molecule has 2 N–H and O–H groups in total. The van der Waals surface area contributed by atoms with Gasteiger partial charge in [0.1, 0.15) is 18.5 Å². The van der Waals surface area contributed by atoms with Crippen LogP contribution < -0.4 is 4.74 Å². The van der Waals surface area contributed by atoms with Crippen molar-refractivity contribution >= 4 is 16.7 Å². The SMILES string of the molecule is CN1CCN(CC(O)COc2ccccc2C(=O)c2cccc3[nH]ccc23)CC1. The second kappa shape index (κ2) is 8.78. The molecule has 1 saturated heterocycles. The number of rotatable bonds is 7. The molecule has 0 radical (unpaired) electrons. The Morgan fingerprint density at radius 1 is 1.07 bits per heavy atom. The lowest BCUT2D eigenvalue weighted by Crippen LogP contribution is -2.47. The number of fused-ring (bicyclic) bond motifs is 1. The molecule has 0 saturated carbocycles. The maximum atomic E-state index is 13.2. The van der Waals surface area contributed by atoms with E-state index in [1.54, 1.807) is 12.1 Å². The molecule has 3 aromatic rings. The van der Waals surface area contributed by atoms with Gasteiger partial charge in [0.05, 0.1) is 5.56 Å². The summed E-state index contributed by atoms with van der Waals surface area (Å²) in [5, 5.41) is 11.3. The average molecular weight is 393 g/mol. The molecule has 0 amide bonds. The largest absolute Gasteiger partial charge is 0.490 e. The third kappa shape index (κ3) is 4.50. The lowest BCUT2D eigenvalue weighted by Gasteiger charge is -2.33. The number of aromatic nitrogens is 1. The van der Waals surface area contributed by atoms with Gasteiger partial charge in [-0.3, -0.25) is 9.69 Å². The highest BCUT2D eigenvalue weighted by Crippen LogP contribution is 2.26. The fourth-order valence-corrected chi connectivity index (χ4v) is 3.78. The Hall–Kier alpha value is -2.67. The van der Waals surface area contributed by atoms with Crippen molar-refractivity contribution in [3.05, 3.63) is 65.9 Å². The number of ketones is 1. The number of para-hydroxylation sites is 1. The fourth-order valence-electron chi connectivity index (χ4n) is 3.78. The number of nitrogens with zero attached hydrogens (tertiary/aromatic N) is 2. The standard InChI is InChI=1S/C23H27N3O3/c1-25-11-13-26(14-12-25)15-17(27)16-29-22-8-3-2-5-20(22)23(28)19-6-4-7-21-18(19)9-10-24-21/h2-10,17,24,27H,11-16H2,1H3. The normalized spacial score (nSPS) is 16.8. The molecule has 2 aromatic carbocycles. The minimum Gasteiger partial charge on any atom is -0.490 e. The average Bonchev–Trinajstić information content (AvgIpc) is 3.23. The molecule has 2 heterocycles. The van der Waals surface area contributed by atoms with Crippen LogP contribution in [0.1, 0.15) is 15.9 Å². The molecule has 6 nitrogen and oxygen atoms in total. The summed E-state index contributed by atoms with van der Waals surface area (Å²) in [6.45, 7) is 4.65. The predicted molar refractivity (Wildman–Crippen MR) is 114 cm³/mol. The Balaban J connectivity index is 1.44. The number of benzene rings is 2. The lowest BCUT2D eigenvalue weighted by atomic mass is 9.99. The summed E-state index contributed by atoms with van der Waals surface area (Å²) in [6, 6.07) is 14.8. The highest BCUT2D eigenvalue weighted by atomic mass is 16.5. The molecule has 1 fully saturated rings. The van der Waals surface area contributed by atoms with Gasteiger partial charge < -0.3 is 19.7 Å². The van der Waals surface area contributed by atoms with Gasteiger partial charge in [-0.05, 0) is 31.3 Å². The van der Waals surface area contributed by atoms with Gasteiger partial charge in [-0.1, -0.05) is 24.3 Å². The summed E-state index contributed by atoms with van der Waals surface area (Å²) in [5.41, 5.74) is 2.07. The van der Waals surface area contributed by atoms with Crippen LogP contribution in [0.3, 0.4) is 0 Å². The summed E-state index contributed by atoms with van der Waals surface area (Å²) in [4.78, 5) is 20.9. The molecular formula is C23H27N3O3. The number of H-pyrrole nitrogens is 1. The lowest BCUT2D eigenvalue weighted by molar-refractivity contribution is 0.0501. The van der Waals surface area contributed by atoms with Crippen LogP contribution in [-0.2, 0) is 0 Å². The third-order valence-corrected chi connectivity index (χ3v) is 5.47. The van der Waals surface area contributed by atoms with Crippen molar-refractivity contribution in [2.75, 3.05) is 46.4 Å². The number of β-amino-alcohol motifs (C(OH)–C–C–N with tert-alkyl or cyclic N) is 1. The van der Waals surface area contributed by atoms with Crippen LogP contribution in [0, 0.1) is 0 Å². The summed E-state index contributed by atoms with van der Waals surface area (Å²) < 4.78 is 5.88. The number of carbonyl (C=O) groups is 1. The van der Waals surface area contributed by atoms with E-state index in [1.165, 1.54) is 0 Å².